The van der Waals surface area contributed by atoms with E-state index in [2.05, 4.69) is 34.5 Å². The lowest BCUT2D eigenvalue weighted by Gasteiger charge is -2.13. The molecule has 0 bridgehead atoms. The van der Waals surface area contributed by atoms with Crippen LogP contribution in [-0.4, -0.2) is 22.9 Å². The lowest BCUT2D eigenvalue weighted by Crippen LogP contribution is -2.18. The van der Waals surface area contributed by atoms with E-state index in [-0.39, 0.29) is 6.04 Å². The van der Waals surface area contributed by atoms with Crippen LogP contribution in [0.15, 0.2) is 34.9 Å². The van der Waals surface area contributed by atoms with Gasteiger partial charge in [0.25, 0.3) is 0 Å². The number of benzene rings is 1. The zero-order valence-corrected chi connectivity index (χ0v) is 12.8. The highest BCUT2D eigenvalue weighted by molar-refractivity contribution is 7.98. The van der Waals surface area contributed by atoms with Crippen molar-refractivity contribution >= 4 is 11.8 Å². The fourth-order valence-corrected chi connectivity index (χ4v) is 2.72. The summed E-state index contributed by atoms with van der Waals surface area (Å²) >= 11 is 1.84. The Kier molecular flexibility index (Phi) is 6.08. The first-order valence-electron chi connectivity index (χ1n) is 6.95. The van der Waals surface area contributed by atoms with E-state index < -0.39 is 0 Å². The zero-order chi connectivity index (χ0) is 14.2. The molecule has 1 atom stereocenters. The summed E-state index contributed by atoms with van der Waals surface area (Å²) in [6.07, 6.45) is 1.89. The smallest absolute Gasteiger partial charge is 0.228 e. The van der Waals surface area contributed by atoms with Gasteiger partial charge in [0, 0.05) is 12.5 Å². The van der Waals surface area contributed by atoms with Crippen molar-refractivity contribution in [1.82, 2.24) is 15.5 Å². The monoisotopic (exact) mass is 291 g/mol. The average molecular weight is 291 g/mol. The minimum atomic E-state index is 0.202. The minimum Gasteiger partial charge on any atom is -0.339 e. The number of aromatic nitrogens is 2. The summed E-state index contributed by atoms with van der Waals surface area (Å²) in [5, 5.41) is 7.33. The fourth-order valence-electron chi connectivity index (χ4n) is 1.99. The topological polar surface area (TPSA) is 51.0 Å². The number of rotatable bonds is 8. The molecule has 5 heteroatoms. The minimum absolute atomic E-state index is 0.202. The number of likely N-dealkylation sites (N-methyl/N-ethyl adjacent to an activating group) is 1. The van der Waals surface area contributed by atoms with Gasteiger partial charge in [0.2, 0.25) is 5.89 Å². The predicted octanol–water partition coefficient (Wildman–Crippen LogP) is 3.22. The Hall–Kier alpha value is -1.33. The summed E-state index contributed by atoms with van der Waals surface area (Å²) in [4.78, 5) is 4.46. The molecular weight excluding hydrogens is 270 g/mol. The maximum absolute atomic E-state index is 5.33. The molecule has 108 valence electrons. The van der Waals surface area contributed by atoms with Crippen molar-refractivity contribution in [1.29, 1.82) is 0 Å². The molecule has 0 fully saturated rings. The van der Waals surface area contributed by atoms with Gasteiger partial charge in [-0.25, -0.2) is 0 Å². The van der Waals surface area contributed by atoms with Crippen LogP contribution in [0.3, 0.4) is 0 Å². The number of hydrogen-bond acceptors (Lipinski definition) is 5. The van der Waals surface area contributed by atoms with Crippen LogP contribution in [0, 0.1) is 0 Å². The molecule has 1 aromatic heterocycles. The molecule has 2 aromatic rings. The SMILES string of the molecule is CCCSCc1noc(CC(NC)c2ccccc2)n1. The van der Waals surface area contributed by atoms with E-state index in [0.29, 0.717) is 12.3 Å². The number of thioether (sulfide) groups is 1. The maximum Gasteiger partial charge on any atom is 0.228 e. The molecule has 1 heterocycles. The summed E-state index contributed by atoms with van der Waals surface area (Å²) in [7, 11) is 1.95. The molecule has 0 aliphatic carbocycles. The van der Waals surface area contributed by atoms with Crippen molar-refractivity contribution in [3.05, 3.63) is 47.6 Å². The van der Waals surface area contributed by atoms with E-state index in [1.54, 1.807) is 0 Å². The van der Waals surface area contributed by atoms with Gasteiger partial charge in [-0.05, 0) is 24.8 Å². The van der Waals surface area contributed by atoms with Crippen LogP contribution in [0.5, 0.6) is 0 Å². The Bertz CT molecular complexity index is 501. The van der Waals surface area contributed by atoms with Gasteiger partial charge in [-0.1, -0.05) is 42.4 Å². The molecule has 1 aromatic carbocycles. The van der Waals surface area contributed by atoms with E-state index in [0.717, 1.165) is 17.3 Å². The quantitative estimate of drug-likeness (QED) is 0.757. The molecule has 0 spiro atoms. The van der Waals surface area contributed by atoms with Crippen molar-refractivity contribution in [3.8, 4) is 0 Å². The average Bonchev–Trinajstić information content (AvgIpc) is 2.93. The highest BCUT2D eigenvalue weighted by Gasteiger charge is 2.14. The molecule has 1 unspecified atom stereocenters. The van der Waals surface area contributed by atoms with Crippen LogP contribution >= 0.6 is 11.8 Å². The molecule has 20 heavy (non-hydrogen) atoms. The second-order valence-electron chi connectivity index (χ2n) is 4.61. The van der Waals surface area contributed by atoms with Gasteiger partial charge in [-0.3, -0.25) is 0 Å². The maximum atomic E-state index is 5.33. The van der Waals surface area contributed by atoms with Crippen LogP contribution in [-0.2, 0) is 12.2 Å². The summed E-state index contributed by atoms with van der Waals surface area (Å²) in [6, 6.07) is 10.5. The van der Waals surface area contributed by atoms with Crippen LogP contribution in [0.2, 0.25) is 0 Å². The third-order valence-corrected chi connectivity index (χ3v) is 4.18. The fraction of sp³-hybridized carbons (Fsp3) is 0.467. The summed E-state index contributed by atoms with van der Waals surface area (Å²) in [6.45, 7) is 2.17. The summed E-state index contributed by atoms with van der Waals surface area (Å²) < 4.78 is 5.33. The molecule has 2 rings (SSSR count). The van der Waals surface area contributed by atoms with Gasteiger partial charge in [0.05, 0.1) is 5.75 Å². The lowest BCUT2D eigenvalue weighted by molar-refractivity contribution is 0.359. The van der Waals surface area contributed by atoms with Crippen molar-refractivity contribution in [3.63, 3.8) is 0 Å². The molecule has 0 aliphatic rings. The van der Waals surface area contributed by atoms with E-state index >= 15 is 0 Å². The van der Waals surface area contributed by atoms with Gasteiger partial charge < -0.3 is 9.84 Å². The van der Waals surface area contributed by atoms with Crippen LogP contribution in [0.1, 0.15) is 36.7 Å². The van der Waals surface area contributed by atoms with E-state index in [1.165, 1.54) is 12.0 Å². The summed E-state index contributed by atoms with van der Waals surface area (Å²) in [5.74, 6) is 3.45. The van der Waals surface area contributed by atoms with Gasteiger partial charge in [0.1, 0.15) is 0 Å². The van der Waals surface area contributed by atoms with Gasteiger partial charge >= 0.3 is 0 Å². The molecule has 0 saturated heterocycles. The summed E-state index contributed by atoms with van der Waals surface area (Å²) in [5.41, 5.74) is 1.23. The molecule has 0 saturated carbocycles. The van der Waals surface area contributed by atoms with Crippen molar-refractivity contribution in [2.75, 3.05) is 12.8 Å². The lowest BCUT2D eigenvalue weighted by atomic mass is 10.0. The first-order chi connectivity index (χ1) is 9.83. The Morgan fingerprint density at radius 3 is 2.80 bits per heavy atom. The Morgan fingerprint density at radius 2 is 2.10 bits per heavy atom. The number of hydrogen-bond donors (Lipinski definition) is 1. The van der Waals surface area contributed by atoms with Crippen molar-refractivity contribution in [2.45, 2.75) is 31.6 Å². The highest BCUT2D eigenvalue weighted by atomic mass is 32.2. The van der Waals surface area contributed by atoms with Crippen molar-refractivity contribution < 1.29 is 4.52 Å². The van der Waals surface area contributed by atoms with Gasteiger partial charge in [-0.15, -0.1) is 0 Å². The highest BCUT2D eigenvalue weighted by Crippen LogP contribution is 2.18. The van der Waals surface area contributed by atoms with Crippen LogP contribution < -0.4 is 5.32 Å². The molecule has 4 nitrogen and oxygen atoms in total. The van der Waals surface area contributed by atoms with Crippen LogP contribution in [0.25, 0.3) is 0 Å². The Morgan fingerprint density at radius 1 is 1.30 bits per heavy atom. The van der Waals surface area contributed by atoms with E-state index in [1.807, 2.05) is 37.0 Å². The molecule has 0 radical (unpaired) electrons. The normalized spacial score (nSPS) is 12.5. The largest absolute Gasteiger partial charge is 0.339 e. The second-order valence-corrected chi connectivity index (χ2v) is 5.72. The number of nitrogens with zero attached hydrogens (tertiary/aromatic N) is 2. The van der Waals surface area contributed by atoms with Crippen molar-refractivity contribution in [2.24, 2.45) is 0 Å². The predicted molar refractivity (Wildman–Crippen MR) is 82.7 cm³/mol. The standard InChI is InChI=1S/C15H21N3OS/c1-3-9-20-11-14-17-15(19-18-14)10-13(16-2)12-7-5-4-6-8-12/h4-8,13,16H,3,9-11H2,1-2H3. The Labute approximate surface area is 124 Å². The molecule has 1 N–H and O–H groups in total. The first-order valence-corrected chi connectivity index (χ1v) is 8.10. The molecular formula is C15H21N3OS. The number of nitrogens with one attached hydrogen (secondary N) is 1. The molecule has 0 aliphatic heterocycles. The van der Waals surface area contributed by atoms with Gasteiger partial charge in [0.15, 0.2) is 5.82 Å². The second kappa shape index (κ2) is 8.07. The Balaban J connectivity index is 1.94. The molecule has 0 amide bonds. The first kappa shape index (κ1) is 15.1. The van der Waals surface area contributed by atoms with Crippen LogP contribution in [0.4, 0.5) is 0 Å². The van der Waals surface area contributed by atoms with E-state index in [4.69, 9.17) is 4.52 Å². The third kappa shape index (κ3) is 4.35. The van der Waals surface area contributed by atoms with Gasteiger partial charge in [-0.2, -0.15) is 16.7 Å². The zero-order valence-electron chi connectivity index (χ0n) is 12.0. The van der Waals surface area contributed by atoms with E-state index in [9.17, 15) is 0 Å². The third-order valence-electron chi connectivity index (χ3n) is 3.02.